The Morgan fingerprint density at radius 2 is 2.00 bits per heavy atom. The van der Waals surface area contributed by atoms with Gasteiger partial charge in [0, 0.05) is 17.4 Å². The summed E-state index contributed by atoms with van der Waals surface area (Å²) in [5.41, 5.74) is 0.923. The summed E-state index contributed by atoms with van der Waals surface area (Å²) in [5.74, 6) is 0.660. The molecule has 1 heterocycles. The van der Waals surface area contributed by atoms with Crippen LogP contribution >= 0.6 is 11.8 Å². The number of hydrogen-bond acceptors (Lipinski definition) is 4. The SMILES string of the molecule is CCc1ncc(S(=O)(=O)NC(C)c2ccc(SC)cc2)[nH]1. The Labute approximate surface area is 129 Å². The third kappa shape index (κ3) is 3.87. The molecule has 0 spiro atoms. The topological polar surface area (TPSA) is 74.8 Å². The highest BCUT2D eigenvalue weighted by atomic mass is 32.2. The first kappa shape index (κ1) is 16.1. The third-order valence-electron chi connectivity index (χ3n) is 3.18. The predicted octanol–water partition coefficient (Wildman–Crippen LogP) is 2.73. The molecule has 0 aliphatic rings. The number of thioether (sulfide) groups is 1. The summed E-state index contributed by atoms with van der Waals surface area (Å²) in [6.45, 7) is 3.74. The Morgan fingerprint density at radius 3 is 2.52 bits per heavy atom. The molecule has 0 fully saturated rings. The number of sulfonamides is 1. The van der Waals surface area contributed by atoms with Crippen LogP contribution in [0.4, 0.5) is 0 Å². The van der Waals surface area contributed by atoms with Crippen molar-refractivity contribution in [3.8, 4) is 0 Å². The molecule has 21 heavy (non-hydrogen) atoms. The Bertz CT molecular complexity index is 693. The van der Waals surface area contributed by atoms with Crippen LogP contribution in [0, 0.1) is 0 Å². The maximum atomic E-state index is 12.3. The van der Waals surface area contributed by atoms with Gasteiger partial charge in [-0.3, -0.25) is 0 Å². The smallest absolute Gasteiger partial charge is 0.258 e. The second-order valence-corrected chi connectivity index (χ2v) is 7.23. The molecule has 0 radical (unpaired) electrons. The fourth-order valence-corrected chi connectivity index (χ4v) is 3.50. The molecule has 0 amide bonds. The molecule has 1 unspecified atom stereocenters. The molecular formula is C14H19N3O2S2. The number of H-pyrrole nitrogens is 1. The summed E-state index contributed by atoms with van der Waals surface area (Å²) in [6, 6.07) is 7.53. The minimum atomic E-state index is -3.59. The van der Waals surface area contributed by atoms with Gasteiger partial charge >= 0.3 is 0 Å². The van der Waals surface area contributed by atoms with E-state index in [0.29, 0.717) is 12.2 Å². The number of nitrogens with one attached hydrogen (secondary N) is 2. The lowest BCUT2D eigenvalue weighted by molar-refractivity contribution is 0.563. The van der Waals surface area contributed by atoms with Gasteiger partial charge in [0.05, 0.1) is 6.20 Å². The average Bonchev–Trinajstić information content (AvgIpc) is 2.96. The molecular weight excluding hydrogens is 306 g/mol. The van der Waals surface area contributed by atoms with Gasteiger partial charge in [-0.15, -0.1) is 11.8 Å². The lowest BCUT2D eigenvalue weighted by atomic mass is 10.1. The second kappa shape index (κ2) is 6.64. The zero-order valence-corrected chi connectivity index (χ0v) is 13.9. The standard InChI is InChI=1S/C14H19N3O2S2/c1-4-13-15-9-14(16-13)21(18,19)17-10(2)11-5-7-12(20-3)8-6-11/h5-10,17H,4H2,1-3H3,(H,15,16). The van der Waals surface area contributed by atoms with E-state index < -0.39 is 10.0 Å². The lowest BCUT2D eigenvalue weighted by Gasteiger charge is -2.14. The van der Waals surface area contributed by atoms with Crippen molar-refractivity contribution in [2.24, 2.45) is 0 Å². The number of hydrogen-bond donors (Lipinski definition) is 2. The molecule has 5 nitrogen and oxygen atoms in total. The van der Waals surface area contributed by atoms with E-state index >= 15 is 0 Å². The van der Waals surface area contributed by atoms with Gasteiger partial charge in [-0.05, 0) is 30.9 Å². The maximum Gasteiger partial charge on any atom is 0.258 e. The Morgan fingerprint density at radius 1 is 1.33 bits per heavy atom. The zero-order chi connectivity index (χ0) is 15.5. The normalized spacial score (nSPS) is 13.3. The molecule has 114 valence electrons. The van der Waals surface area contributed by atoms with Crippen molar-refractivity contribution < 1.29 is 8.42 Å². The molecule has 0 saturated carbocycles. The van der Waals surface area contributed by atoms with Crippen LogP contribution in [0.25, 0.3) is 0 Å². The number of benzene rings is 1. The second-order valence-electron chi connectivity index (χ2n) is 4.66. The van der Waals surface area contributed by atoms with E-state index in [-0.39, 0.29) is 11.1 Å². The van der Waals surface area contributed by atoms with E-state index in [1.165, 1.54) is 6.20 Å². The minimum Gasteiger partial charge on any atom is -0.332 e. The summed E-state index contributed by atoms with van der Waals surface area (Å²) in [4.78, 5) is 7.99. The summed E-state index contributed by atoms with van der Waals surface area (Å²) in [5, 5.41) is 0.104. The van der Waals surface area contributed by atoms with Crippen LogP contribution in [0.2, 0.25) is 0 Å². The summed E-state index contributed by atoms with van der Waals surface area (Å²) in [6.07, 6.45) is 4.02. The van der Waals surface area contributed by atoms with Gasteiger partial charge < -0.3 is 4.98 Å². The van der Waals surface area contributed by atoms with Crippen molar-refractivity contribution in [2.75, 3.05) is 6.26 Å². The van der Waals surface area contributed by atoms with E-state index in [1.807, 2.05) is 44.4 Å². The molecule has 1 aromatic heterocycles. The van der Waals surface area contributed by atoms with Gasteiger partial charge in [-0.2, -0.15) is 0 Å². The first-order valence-corrected chi connectivity index (χ1v) is 9.37. The largest absolute Gasteiger partial charge is 0.332 e. The molecule has 2 aromatic rings. The molecule has 1 aromatic carbocycles. The lowest BCUT2D eigenvalue weighted by Crippen LogP contribution is -2.27. The fraction of sp³-hybridized carbons (Fsp3) is 0.357. The molecule has 2 N–H and O–H groups in total. The van der Waals surface area contributed by atoms with Gasteiger partial charge in [0.15, 0.2) is 5.03 Å². The molecule has 0 aliphatic carbocycles. The van der Waals surface area contributed by atoms with E-state index in [1.54, 1.807) is 11.8 Å². The van der Waals surface area contributed by atoms with E-state index in [4.69, 9.17) is 0 Å². The first-order valence-electron chi connectivity index (χ1n) is 6.66. The van der Waals surface area contributed by atoms with Crippen molar-refractivity contribution in [1.82, 2.24) is 14.7 Å². The molecule has 1 atom stereocenters. The molecule has 0 aliphatic heterocycles. The van der Waals surface area contributed by atoms with E-state index in [2.05, 4.69) is 14.7 Å². The number of aromatic nitrogens is 2. The van der Waals surface area contributed by atoms with E-state index in [9.17, 15) is 8.42 Å². The fourth-order valence-electron chi connectivity index (χ4n) is 1.92. The highest BCUT2D eigenvalue weighted by Crippen LogP contribution is 2.20. The van der Waals surface area contributed by atoms with Crippen LogP contribution in [0.15, 0.2) is 40.4 Å². The summed E-state index contributed by atoms with van der Waals surface area (Å²) >= 11 is 1.65. The number of rotatable bonds is 6. The summed E-state index contributed by atoms with van der Waals surface area (Å²) in [7, 11) is -3.59. The quantitative estimate of drug-likeness (QED) is 0.801. The van der Waals surface area contributed by atoms with Gasteiger partial charge in [-0.25, -0.2) is 18.1 Å². The van der Waals surface area contributed by atoms with Crippen molar-refractivity contribution in [2.45, 2.75) is 36.2 Å². The highest BCUT2D eigenvalue weighted by Gasteiger charge is 2.20. The van der Waals surface area contributed by atoms with Crippen molar-refractivity contribution in [3.63, 3.8) is 0 Å². The summed E-state index contributed by atoms with van der Waals surface area (Å²) < 4.78 is 27.2. The number of aryl methyl sites for hydroxylation is 1. The van der Waals surface area contributed by atoms with Crippen LogP contribution < -0.4 is 4.72 Å². The van der Waals surface area contributed by atoms with Crippen LogP contribution in [0.5, 0.6) is 0 Å². The van der Waals surface area contributed by atoms with Crippen LogP contribution in [-0.4, -0.2) is 24.6 Å². The molecule has 0 saturated heterocycles. The molecule has 0 bridgehead atoms. The maximum absolute atomic E-state index is 12.3. The monoisotopic (exact) mass is 325 g/mol. The van der Waals surface area contributed by atoms with Crippen LogP contribution in [0.1, 0.15) is 31.3 Å². The first-order chi connectivity index (χ1) is 9.96. The zero-order valence-electron chi connectivity index (χ0n) is 12.3. The number of nitrogens with zero attached hydrogens (tertiary/aromatic N) is 1. The van der Waals surface area contributed by atoms with Crippen LogP contribution in [0.3, 0.4) is 0 Å². The van der Waals surface area contributed by atoms with Gasteiger partial charge in [0.25, 0.3) is 10.0 Å². The molecule has 2 rings (SSSR count). The van der Waals surface area contributed by atoms with Gasteiger partial charge in [0.2, 0.25) is 0 Å². The van der Waals surface area contributed by atoms with Crippen molar-refractivity contribution in [3.05, 3.63) is 41.9 Å². The van der Waals surface area contributed by atoms with Crippen molar-refractivity contribution in [1.29, 1.82) is 0 Å². The number of aromatic amines is 1. The molecule has 7 heteroatoms. The Balaban J connectivity index is 2.14. The van der Waals surface area contributed by atoms with E-state index in [0.717, 1.165) is 10.5 Å². The highest BCUT2D eigenvalue weighted by molar-refractivity contribution is 7.98. The van der Waals surface area contributed by atoms with Gasteiger partial charge in [0.1, 0.15) is 5.82 Å². The average molecular weight is 325 g/mol. The minimum absolute atomic E-state index is 0.104. The Kier molecular flexibility index (Phi) is 5.08. The van der Waals surface area contributed by atoms with Crippen LogP contribution in [-0.2, 0) is 16.4 Å². The number of imidazole rings is 1. The predicted molar refractivity (Wildman–Crippen MR) is 84.9 cm³/mol. The Hall–Kier alpha value is -1.31. The van der Waals surface area contributed by atoms with Gasteiger partial charge in [-0.1, -0.05) is 19.1 Å². The van der Waals surface area contributed by atoms with Crippen molar-refractivity contribution >= 4 is 21.8 Å². The third-order valence-corrected chi connectivity index (χ3v) is 5.37.